The van der Waals surface area contributed by atoms with Crippen LogP contribution in [0.1, 0.15) is 58.2 Å². The maximum absolute atomic E-state index is 13.9. The number of ether oxygens (including phenoxy) is 2. The summed E-state index contributed by atoms with van der Waals surface area (Å²) >= 11 is 0. The van der Waals surface area contributed by atoms with Gasteiger partial charge in [-0.3, -0.25) is 4.79 Å². The van der Waals surface area contributed by atoms with Gasteiger partial charge in [0, 0.05) is 6.42 Å². The van der Waals surface area contributed by atoms with E-state index in [1.807, 2.05) is 60.7 Å². The van der Waals surface area contributed by atoms with Crippen LogP contribution >= 0.6 is 0 Å². The zero-order valence-corrected chi connectivity index (χ0v) is 28.7. The molecule has 46 heavy (non-hydrogen) atoms. The number of amides is 2. The number of hydrogen-bond donors (Lipinski definition) is 3. The molecule has 3 rings (SSSR count). The number of carbonyl (C=O) groups is 3. The molecule has 0 aliphatic rings. The summed E-state index contributed by atoms with van der Waals surface area (Å²) in [5, 5.41) is 15.2. The summed E-state index contributed by atoms with van der Waals surface area (Å²) in [5.41, 5.74) is 3.06. The predicted molar refractivity (Wildman–Crippen MR) is 181 cm³/mol. The first-order valence-electron chi connectivity index (χ1n) is 15.8. The van der Waals surface area contributed by atoms with Gasteiger partial charge < -0.3 is 29.6 Å². The zero-order valence-electron chi connectivity index (χ0n) is 27.7. The summed E-state index contributed by atoms with van der Waals surface area (Å²) in [5.74, 6) is -1.15. The van der Waals surface area contributed by atoms with Crippen LogP contribution in [0.25, 0.3) is 0 Å². The zero-order chi connectivity index (χ0) is 33.7. The molecule has 0 aliphatic heterocycles. The highest BCUT2D eigenvalue weighted by molar-refractivity contribution is 6.77. The fraction of sp³-hybridized carbons (Fsp3) is 0.417. The molecule has 0 unspecified atom stereocenters. The van der Waals surface area contributed by atoms with Crippen LogP contribution in [0, 0.1) is 0 Å². The highest BCUT2D eigenvalue weighted by Gasteiger charge is 2.46. The highest BCUT2D eigenvalue weighted by Crippen LogP contribution is 2.42. The highest BCUT2D eigenvalue weighted by atomic mass is 28.4. The SMILES string of the molecule is CC(C)[Si](OC[C@H](NC(=O)[C@H](Cc1ccc(O)cc1)NC(=O)OCc1ccccc1)C(=O)OCc1ccccc1)(C(C)C)C(C)C. The van der Waals surface area contributed by atoms with Crippen LogP contribution in [0.3, 0.4) is 0 Å². The van der Waals surface area contributed by atoms with Gasteiger partial charge in [-0.15, -0.1) is 0 Å². The summed E-state index contributed by atoms with van der Waals surface area (Å²) in [6, 6.07) is 22.6. The molecule has 2 amide bonds. The maximum atomic E-state index is 13.9. The molecule has 0 saturated heterocycles. The number of nitrogens with one attached hydrogen (secondary N) is 2. The van der Waals surface area contributed by atoms with Crippen molar-refractivity contribution in [3.05, 3.63) is 102 Å². The van der Waals surface area contributed by atoms with E-state index in [-0.39, 0.29) is 48.6 Å². The van der Waals surface area contributed by atoms with E-state index in [1.54, 1.807) is 12.1 Å². The third-order valence-corrected chi connectivity index (χ3v) is 14.3. The average Bonchev–Trinajstić information content (AvgIpc) is 3.03. The van der Waals surface area contributed by atoms with Gasteiger partial charge in [0.05, 0.1) is 6.61 Å². The molecule has 0 bridgehead atoms. The van der Waals surface area contributed by atoms with Crippen molar-refractivity contribution in [1.29, 1.82) is 0 Å². The lowest BCUT2D eigenvalue weighted by Crippen LogP contribution is -2.56. The van der Waals surface area contributed by atoms with Gasteiger partial charge in [-0.2, -0.15) is 0 Å². The maximum Gasteiger partial charge on any atom is 0.408 e. The quantitative estimate of drug-likeness (QED) is 0.117. The minimum atomic E-state index is -2.41. The number of esters is 1. The fourth-order valence-corrected chi connectivity index (χ4v) is 11.4. The summed E-state index contributed by atoms with van der Waals surface area (Å²) in [4.78, 5) is 40.3. The Kier molecular flexibility index (Phi) is 13.8. The number of carbonyl (C=O) groups excluding carboxylic acids is 3. The monoisotopic (exact) mass is 648 g/mol. The third-order valence-electron chi connectivity index (χ3n) is 8.23. The van der Waals surface area contributed by atoms with Crippen molar-refractivity contribution in [3.8, 4) is 5.75 Å². The van der Waals surface area contributed by atoms with E-state index in [2.05, 4.69) is 52.2 Å². The molecular weight excluding hydrogens is 600 g/mol. The molecule has 0 spiro atoms. The second-order valence-corrected chi connectivity index (χ2v) is 17.9. The van der Waals surface area contributed by atoms with Crippen LogP contribution in [0.4, 0.5) is 4.79 Å². The van der Waals surface area contributed by atoms with Crippen molar-refractivity contribution in [2.75, 3.05) is 6.61 Å². The molecule has 0 aromatic heterocycles. The molecule has 9 nitrogen and oxygen atoms in total. The number of phenolic OH excluding ortho intramolecular Hbond substituents is 1. The molecule has 0 heterocycles. The van der Waals surface area contributed by atoms with Gasteiger partial charge in [0.1, 0.15) is 31.0 Å². The first-order valence-corrected chi connectivity index (χ1v) is 18.0. The molecule has 248 valence electrons. The molecule has 3 aromatic rings. The van der Waals surface area contributed by atoms with Gasteiger partial charge in [0.15, 0.2) is 8.32 Å². The molecule has 3 aromatic carbocycles. The first-order chi connectivity index (χ1) is 21.9. The van der Waals surface area contributed by atoms with Crippen LogP contribution in [-0.2, 0) is 43.1 Å². The first kappa shape index (κ1) is 36.3. The Hall–Kier alpha value is -4.15. The van der Waals surface area contributed by atoms with Gasteiger partial charge in [-0.25, -0.2) is 9.59 Å². The second-order valence-electron chi connectivity index (χ2n) is 12.4. The van der Waals surface area contributed by atoms with Crippen LogP contribution in [0.5, 0.6) is 5.75 Å². The Morgan fingerprint density at radius 3 is 1.65 bits per heavy atom. The van der Waals surface area contributed by atoms with Gasteiger partial charge >= 0.3 is 12.1 Å². The van der Waals surface area contributed by atoms with Crippen molar-refractivity contribution < 1.29 is 33.4 Å². The number of phenols is 1. The largest absolute Gasteiger partial charge is 0.508 e. The normalized spacial score (nSPS) is 12.9. The minimum Gasteiger partial charge on any atom is -0.508 e. The Morgan fingerprint density at radius 1 is 0.652 bits per heavy atom. The Labute approximate surface area is 273 Å². The smallest absolute Gasteiger partial charge is 0.408 e. The molecule has 2 atom stereocenters. The van der Waals surface area contributed by atoms with E-state index in [9.17, 15) is 19.5 Å². The number of benzene rings is 3. The molecule has 0 aliphatic carbocycles. The number of alkyl carbamates (subject to hydrolysis) is 1. The topological polar surface area (TPSA) is 123 Å². The lowest BCUT2D eigenvalue weighted by Gasteiger charge is -2.42. The number of hydrogen-bond acceptors (Lipinski definition) is 7. The van der Waals surface area contributed by atoms with Gasteiger partial charge in [0.2, 0.25) is 5.91 Å². The van der Waals surface area contributed by atoms with Crippen molar-refractivity contribution in [1.82, 2.24) is 10.6 Å². The fourth-order valence-electron chi connectivity index (χ4n) is 5.98. The van der Waals surface area contributed by atoms with Crippen molar-refractivity contribution >= 4 is 26.3 Å². The van der Waals surface area contributed by atoms with Gasteiger partial charge in [-0.05, 0) is 45.4 Å². The second kappa shape index (κ2) is 17.5. The van der Waals surface area contributed by atoms with E-state index in [0.717, 1.165) is 11.1 Å². The third kappa shape index (κ3) is 10.5. The number of rotatable bonds is 16. The molecule has 10 heteroatoms. The van der Waals surface area contributed by atoms with Crippen molar-refractivity contribution in [2.24, 2.45) is 0 Å². The van der Waals surface area contributed by atoms with Crippen LogP contribution in [-0.4, -0.2) is 50.1 Å². The Bertz CT molecular complexity index is 1360. The summed E-state index contributed by atoms with van der Waals surface area (Å²) < 4.78 is 17.8. The van der Waals surface area contributed by atoms with Gasteiger partial charge in [-0.1, -0.05) is 114 Å². The summed E-state index contributed by atoms with van der Waals surface area (Å²) in [6.07, 6.45) is -0.699. The lowest BCUT2D eigenvalue weighted by molar-refractivity contribution is -0.150. The minimum absolute atomic E-state index is 0.0226. The van der Waals surface area contributed by atoms with E-state index < -0.39 is 38.4 Å². The molecular formula is C36H48N2O7Si. The van der Waals surface area contributed by atoms with Crippen LogP contribution < -0.4 is 10.6 Å². The van der Waals surface area contributed by atoms with E-state index >= 15 is 0 Å². The standard InChI is InChI=1S/C36H48N2O7Si/c1-25(2)46(26(3)4,27(5)6)45-24-33(35(41)43-22-29-13-9-7-10-14-29)37-34(40)32(21-28-17-19-31(39)20-18-28)38-36(42)44-23-30-15-11-8-12-16-30/h7-20,25-27,32-33,39H,21-24H2,1-6H3,(H,37,40)(H,38,42)/t32-,33-/m0/s1. The van der Waals surface area contributed by atoms with Gasteiger partial charge in [0.25, 0.3) is 0 Å². The van der Waals surface area contributed by atoms with E-state index in [0.29, 0.717) is 5.56 Å². The average molecular weight is 649 g/mol. The van der Waals surface area contributed by atoms with E-state index in [4.69, 9.17) is 13.9 Å². The molecule has 0 fully saturated rings. The Morgan fingerprint density at radius 2 is 1.15 bits per heavy atom. The predicted octanol–water partition coefficient (Wildman–Crippen LogP) is 6.65. The van der Waals surface area contributed by atoms with Crippen molar-refractivity contribution in [3.63, 3.8) is 0 Å². The molecule has 3 N–H and O–H groups in total. The number of aromatic hydroxyl groups is 1. The van der Waals surface area contributed by atoms with Crippen molar-refractivity contribution in [2.45, 2.75) is 89.9 Å². The molecule has 0 radical (unpaired) electrons. The van der Waals surface area contributed by atoms with Crippen LogP contribution in [0.2, 0.25) is 16.6 Å². The lowest BCUT2D eigenvalue weighted by atomic mass is 10.0. The van der Waals surface area contributed by atoms with Crippen LogP contribution in [0.15, 0.2) is 84.9 Å². The summed E-state index contributed by atoms with van der Waals surface area (Å²) in [7, 11) is -2.41. The molecule has 0 saturated carbocycles. The Balaban J connectivity index is 1.83. The summed E-state index contributed by atoms with van der Waals surface area (Å²) in [6.45, 7) is 12.9. The van der Waals surface area contributed by atoms with E-state index in [1.165, 1.54) is 12.1 Å².